The van der Waals surface area contributed by atoms with Crippen LogP contribution in [-0.4, -0.2) is 17.6 Å². The van der Waals surface area contributed by atoms with Crippen molar-refractivity contribution in [3.63, 3.8) is 0 Å². The number of rotatable bonds is 4. The molecule has 0 radical (unpaired) electrons. The summed E-state index contributed by atoms with van der Waals surface area (Å²) in [6.45, 7) is 0.104. The highest BCUT2D eigenvalue weighted by atomic mass is 19.1. The van der Waals surface area contributed by atoms with Gasteiger partial charge in [0.1, 0.15) is 29.1 Å². The zero-order chi connectivity index (χ0) is 21.8. The van der Waals surface area contributed by atoms with E-state index in [2.05, 4.69) is 15.6 Å². The third kappa shape index (κ3) is 3.97. The maximum atomic E-state index is 14.0. The van der Waals surface area contributed by atoms with Crippen LogP contribution in [0, 0.1) is 17.1 Å². The lowest BCUT2D eigenvalue weighted by molar-refractivity contribution is -0.117. The zero-order valence-corrected chi connectivity index (χ0v) is 16.1. The fourth-order valence-electron chi connectivity index (χ4n) is 3.11. The van der Waals surface area contributed by atoms with Gasteiger partial charge >= 0.3 is 0 Å². The fourth-order valence-corrected chi connectivity index (χ4v) is 3.11. The summed E-state index contributed by atoms with van der Waals surface area (Å²) in [6, 6.07) is 17.7. The summed E-state index contributed by atoms with van der Waals surface area (Å²) in [6.07, 6.45) is 1.48. The minimum atomic E-state index is -0.686. The fraction of sp³-hybridized carbons (Fsp3) is 0.0435. The van der Waals surface area contributed by atoms with Gasteiger partial charge in [-0.1, -0.05) is 36.4 Å². The van der Waals surface area contributed by atoms with E-state index in [9.17, 15) is 19.2 Å². The number of nitrogens with zero attached hydrogens (tertiary/aromatic N) is 2. The van der Waals surface area contributed by atoms with Crippen molar-refractivity contribution in [2.75, 3.05) is 0 Å². The second-order valence-corrected chi connectivity index (χ2v) is 6.54. The monoisotopic (exact) mass is 414 g/mol. The normalized spacial score (nSPS) is 13.6. The van der Waals surface area contributed by atoms with Crippen LogP contribution in [-0.2, 0) is 11.3 Å². The molecule has 31 heavy (non-hydrogen) atoms. The van der Waals surface area contributed by atoms with Crippen LogP contribution in [0.5, 0.6) is 0 Å². The van der Waals surface area contributed by atoms with Crippen LogP contribution < -0.4 is 10.6 Å². The Morgan fingerprint density at radius 3 is 2.48 bits per heavy atom. The molecule has 0 aliphatic carbocycles. The van der Waals surface area contributed by atoms with Gasteiger partial charge in [0.15, 0.2) is 0 Å². The lowest BCUT2D eigenvalue weighted by Gasteiger charge is -2.06. The highest BCUT2D eigenvalue weighted by Crippen LogP contribution is 2.30. The largest absolute Gasteiger partial charge is 0.467 e. The lowest BCUT2D eigenvalue weighted by Crippen LogP contribution is -2.31. The van der Waals surface area contributed by atoms with Crippen LogP contribution in [0.15, 0.2) is 81.9 Å². The van der Waals surface area contributed by atoms with Gasteiger partial charge in [0.25, 0.3) is 11.8 Å². The number of furan rings is 1. The molecule has 0 fully saturated rings. The number of carbonyl (C=O) groups excluding carboxylic acids is 2. The van der Waals surface area contributed by atoms with E-state index in [-0.39, 0.29) is 29.2 Å². The van der Waals surface area contributed by atoms with Gasteiger partial charge < -0.3 is 15.1 Å². The number of amidine groups is 1. The summed E-state index contributed by atoms with van der Waals surface area (Å²) in [5.74, 6) is -1.32. The number of hydrogen-bond acceptors (Lipinski definition) is 5. The van der Waals surface area contributed by atoms with Crippen LogP contribution in [0.3, 0.4) is 0 Å². The van der Waals surface area contributed by atoms with Gasteiger partial charge in [-0.25, -0.2) is 9.38 Å². The van der Waals surface area contributed by atoms with Crippen molar-refractivity contribution in [2.24, 2.45) is 4.99 Å². The molecule has 7 nitrogen and oxygen atoms in total. The Labute approximate surface area is 176 Å². The third-order valence-corrected chi connectivity index (χ3v) is 4.59. The first kappa shape index (κ1) is 19.8. The Balaban J connectivity index is 1.66. The number of amides is 2. The molecule has 4 rings (SSSR count). The van der Waals surface area contributed by atoms with Crippen molar-refractivity contribution in [1.82, 2.24) is 10.6 Å². The first-order chi connectivity index (χ1) is 15.1. The molecule has 3 aromatic rings. The third-order valence-electron chi connectivity index (χ3n) is 4.59. The van der Waals surface area contributed by atoms with E-state index in [0.717, 1.165) is 0 Å². The lowest BCUT2D eigenvalue weighted by atomic mass is 10.0. The van der Waals surface area contributed by atoms with E-state index in [1.165, 1.54) is 24.5 Å². The summed E-state index contributed by atoms with van der Waals surface area (Å²) >= 11 is 0. The topological polar surface area (TPSA) is 107 Å². The van der Waals surface area contributed by atoms with E-state index >= 15 is 0 Å². The van der Waals surface area contributed by atoms with Crippen LogP contribution in [0.1, 0.15) is 27.2 Å². The molecule has 1 aliphatic rings. The standard InChI is InChI=1S/C23H15FN4O3/c24-19-10-4-3-9-17(19)23(30)28-21-16-8-2-1-7-15(16)20(27-21)18(12-25)22(29)26-13-14-6-5-11-31-14/h1-11H,13H2,(H,26,29)(H,27,28,30)/b20-18+. The molecule has 1 aliphatic heterocycles. The number of halogens is 1. The average molecular weight is 414 g/mol. The maximum Gasteiger partial charge on any atom is 0.264 e. The summed E-state index contributed by atoms with van der Waals surface area (Å²) in [5, 5.41) is 14.8. The summed E-state index contributed by atoms with van der Waals surface area (Å²) in [4.78, 5) is 29.5. The molecule has 0 bridgehead atoms. The van der Waals surface area contributed by atoms with Crippen LogP contribution in [0.2, 0.25) is 0 Å². The number of fused-ring (bicyclic) bond motifs is 1. The quantitative estimate of drug-likeness (QED) is 0.505. The average Bonchev–Trinajstić information content (AvgIpc) is 3.42. The Kier molecular flexibility index (Phi) is 5.41. The first-order valence-corrected chi connectivity index (χ1v) is 9.28. The molecule has 0 unspecified atom stereocenters. The second-order valence-electron chi connectivity index (χ2n) is 6.54. The van der Waals surface area contributed by atoms with Gasteiger partial charge in [0.05, 0.1) is 24.1 Å². The van der Waals surface area contributed by atoms with E-state index in [1.54, 1.807) is 42.5 Å². The molecule has 2 aromatic carbocycles. The van der Waals surface area contributed by atoms with E-state index in [0.29, 0.717) is 16.9 Å². The molecule has 8 heteroatoms. The van der Waals surface area contributed by atoms with Crippen molar-refractivity contribution in [3.05, 3.63) is 101 Å². The molecule has 0 saturated heterocycles. The minimum Gasteiger partial charge on any atom is -0.467 e. The molecule has 1 aromatic heterocycles. The number of carbonyl (C=O) groups is 2. The van der Waals surface area contributed by atoms with E-state index < -0.39 is 17.6 Å². The summed E-state index contributed by atoms with van der Waals surface area (Å²) < 4.78 is 19.1. The number of aliphatic imine (C=N–C) groups is 1. The van der Waals surface area contributed by atoms with Crippen molar-refractivity contribution < 1.29 is 18.4 Å². The molecule has 152 valence electrons. The molecule has 2 amide bonds. The number of nitrogens with one attached hydrogen (secondary N) is 2. The van der Waals surface area contributed by atoms with Gasteiger partial charge in [-0.15, -0.1) is 0 Å². The Hall–Kier alpha value is -4.51. The van der Waals surface area contributed by atoms with Crippen LogP contribution in [0.25, 0.3) is 5.70 Å². The Morgan fingerprint density at radius 1 is 1.03 bits per heavy atom. The predicted molar refractivity (Wildman–Crippen MR) is 110 cm³/mol. The molecule has 0 spiro atoms. The smallest absolute Gasteiger partial charge is 0.264 e. The van der Waals surface area contributed by atoms with E-state index in [1.807, 2.05) is 6.07 Å². The first-order valence-electron chi connectivity index (χ1n) is 9.28. The number of nitriles is 1. The molecule has 2 heterocycles. The van der Waals surface area contributed by atoms with E-state index in [4.69, 9.17) is 4.42 Å². The summed E-state index contributed by atoms with van der Waals surface area (Å²) in [5.41, 5.74) is 0.801. The molecule has 0 saturated carbocycles. The highest BCUT2D eigenvalue weighted by molar-refractivity contribution is 6.20. The Morgan fingerprint density at radius 2 is 1.77 bits per heavy atom. The predicted octanol–water partition coefficient (Wildman–Crippen LogP) is 3.16. The number of benzene rings is 2. The van der Waals surface area contributed by atoms with Gasteiger partial charge in [0, 0.05) is 11.1 Å². The second kappa shape index (κ2) is 8.47. The van der Waals surface area contributed by atoms with Gasteiger partial charge in [-0.3, -0.25) is 9.59 Å². The zero-order valence-electron chi connectivity index (χ0n) is 16.1. The molecule has 0 atom stereocenters. The maximum absolute atomic E-state index is 14.0. The summed E-state index contributed by atoms with van der Waals surface area (Å²) in [7, 11) is 0. The SMILES string of the molecule is N#C/C(C(=O)NCc1ccco1)=C1\N=C(NC(=O)c2ccccc2F)c2ccccc21. The molecule has 2 N–H and O–H groups in total. The number of hydrogen-bond donors (Lipinski definition) is 2. The van der Waals surface area contributed by atoms with Gasteiger partial charge in [0.2, 0.25) is 0 Å². The van der Waals surface area contributed by atoms with Crippen molar-refractivity contribution in [2.45, 2.75) is 6.54 Å². The molecular weight excluding hydrogens is 399 g/mol. The van der Waals surface area contributed by atoms with Gasteiger partial charge in [-0.2, -0.15) is 5.26 Å². The highest BCUT2D eigenvalue weighted by Gasteiger charge is 2.27. The molecular formula is C23H15FN4O3. The minimum absolute atomic E-state index is 0.104. The van der Waals surface area contributed by atoms with Crippen molar-refractivity contribution >= 4 is 23.3 Å². The van der Waals surface area contributed by atoms with Gasteiger partial charge in [-0.05, 0) is 24.3 Å². The Bertz CT molecular complexity index is 1270. The van der Waals surface area contributed by atoms with Crippen LogP contribution >= 0.6 is 0 Å². The van der Waals surface area contributed by atoms with Crippen molar-refractivity contribution in [3.8, 4) is 6.07 Å². The van der Waals surface area contributed by atoms with Crippen molar-refractivity contribution in [1.29, 1.82) is 5.26 Å². The van der Waals surface area contributed by atoms with Crippen LogP contribution in [0.4, 0.5) is 4.39 Å².